The summed E-state index contributed by atoms with van der Waals surface area (Å²) in [6.07, 6.45) is -1.82. The van der Waals surface area contributed by atoms with Crippen molar-refractivity contribution >= 4 is 35.0 Å². The van der Waals surface area contributed by atoms with E-state index >= 15 is 0 Å². The lowest BCUT2D eigenvalue weighted by atomic mass is 10.1. The van der Waals surface area contributed by atoms with Gasteiger partial charge in [0.2, 0.25) is 5.60 Å². The van der Waals surface area contributed by atoms with Crippen LogP contribution in [0.4, 0.5) is 18.9 Å². The van der Waals surface area contributed by atoms with Gasteiger partial charge in [0.15, 0.2) is 0 Å². The molecule has 128 valence electrons. The third-order valence-electron chi connectivity index (χ3n) is 3.05. The van der Waals surface area contributed by atoms with Gasteiger partial charge in [-0.3, -0.25) is 9.78 Å². The van der Waals surface area contributed by atoms with Crippen molar-refractivity contribution in [2.75, 3.05) is 5.32 Å². The van der Waals surface area contributed by atoms with E-state index in [0.29, 0.717) is 11.8 Å². The van der Waals surface area contributed by atoms with Crippen LogP contribution in [0.15, 0.2) is 52.5 Å². The molecule has 0 saturated carbocycles. The van der Waals surface area contributed by atoms with Gasteiger partial charge in [0.1, 0.15) is 0 Å². The van der Waals surface area contributed by atoms with E-state index in [1.807, 2.05) is 11.4 Å². The molecular formula is C15H12ClF3N2O2S. The van der Waals surface area contributed by atoms with Crippen LogP contribution in [0.1, 0.15) is 6.92 Å². The SMILES string of the molecule is CC(O)(C(=O)Nc1ccc(Sc2cccnc2)cc1Cl)C(F)(F)F. The number of amides is 1. The third-order valence-corrected chi connectivity index (χ3v) is 4.33. The smallest absolute Gasteiger partial charge is 0.373 e. The lowest BCUT2D eigenvalue weighted by Gasteiger charge is -2.25. The summed E-state index contributed by atoms with van der Waals surface area (Å²) in [7, 11) is 0. The standard InChI is InChI=1S/C15H12ClF3N2O2S/c1-14(23,15(17,18)19)13(22)21-12-5-4-9(7-11(12)16)24-10-3-2-6-20-8-10/h2-8,23H,1H3,(H,21,22). The zero-order valence-electron chi connectivity index (χ0n) is 12.3. The number of carbonyl (C=O) groups excluding carboxylic acids is 1. The number of aliphatic hydroxyl groups is 1. The molecule has 1 unspecified atom stereocenters. The fourth-order valence-corrected chi connectivity index (χ4v) is 2.71. The topological polar surface area (TPSA) is 62.2 Å². The van der Waals surface area contributed by atoms with Crippen LogP contribution >= 0.6 is 23.4 Å². The summed E-state index contributed by atoms with van der Waals surface area (Å²) in [5.41, 5.74) is -3.54. The molecule has 0 aliphatic rings. The number of hydrogen-bond acceptors (Lipinski definition) is 4. The van der Waals surface area contributed by atoms with Crippen LogP contribution in [0.3, 0.4) is 0 Å². The summed E-state index contributed by atoms with van der Waals surface area (Å²) >= 11 is 7.35. The Bertz CT molecular complexity index is 739. The number of nitrogens with one attached hydrogen (secondary N) is 1. The summed E-state index contributed by atoms with van der Waals surface area (Å²) in [6, 6.07) is 8.05. The van der Waals surface area contributed by atoms with E-state index < -0.39 is 17.7 Å². The Morgan fingerprint density at radius 1 is 1.29 bits per heavy atom. The second kappa shape index (κ2) is 7.00. The average molecular weight is 377 g/mol. The normalized spacial score (nSPS) is 14.1. The van der Waals surface area contributed by atoms with Gasteiger partial charge in [0, 0.05) is 22.2 Å². The Hall–Kier alpha value is -1.77. The molecule has 4 nitrogen and oxygen atoms in total. The molecule has 1 atom stereocenters. The van der Waals surface area contributed by atoms with Crippen LogP contribution in [0, 0.1) is 0 Å². The number of alkyl halides is 3. The van der Waals surface area contributed by atoms with Gasteiger partial charge >= 0.3 is 6.18 Å². The first-order valence-electron chi connectivity index (χ1n) is 6.59. The van der Waals surface area contributed by atoms with Crippen LogP contribution in [-0.2, 0) is 4.79 Å². The molecule has 0 aliphatic carbocycles. The lowest BCUT2D eigenvalue weighted by Crippen LogP contribution is -2.52. The van der Waals surface area contributed by atoms with E-state index in [1.54, 1.807) is 24.5 Å². The van der Waals surface area contributed by atoms with Crippen LogP contribution in [0.2, 0.25) is 5.02 Å². The molecule has 2 aromatic rings. The van der Waals surface area contributed by atoms with Gasteiger partial charge in [-0.15, -0.1) is 0 Å². The first-order chi connectivity index (χ1) is 11.1. The molecular weight excluding hydrogens is 365 g/mol. The van der Waals surface area contributed by atoms with Gasteiger partial charge in [0.25, 0.3) is 5.91 Å². The highest BCUT2D eigenvalue weighted by atomic mass is 35.5. The first-order valence-corrected chi connectivity index (χ1v) is 7.78. The minimum absolute atomic E-state index is 0.0262. The Balaban J connectivity index is 2.14. The van der Waals surface area contributed by atoms with Crippen molar-refractivity contribution in [1.82, 2.24) is 4.98 Å². The van der Waals surface area contributed by atoms with Gasteiger partial charge in [-0.1, -0.05) is 23.4 Å². The number of carbonyl (C=O) groups is 1. The molecule has 2 rings (SSSR count). The Labute approximate surface area is 145 Å². The molecule has 0 saturated heterocycles. The first kappa shape index (κ1) is 18.6. The van der Waals surface area contributed by atoms with Crippen molar-refractivity contribution in [1.29, 1.82) is 0 Å². The van der Waals surface area contributed by atoms with E-state index in [0.717, 1.165) is 4.90 Å². The minimum atomic E-state index is -5.10. The fourth-order valence-electron chi connectivity index (χ4n) is 1.58. The van der Waals surface area contributed by atoms with Crippen molar-refractivity contribution in [2.24, 2.45) is 0 Å². The van der Waals surface area contributed by atoms with E-state index in [4.69, 9.17) is 11.6 Å². The number of rotatable bonds is 4. The maximum atomic E-state index is 12.6. The molecule has 1 aromatic heterocycles. The quantitative estimate of drug-likeness (QED) is 0.842. The highest BCUT2D eigenvalue weighted by Gasteiger charge is 2.55. The molecule has 24 heavy (non-hydrogen) atoms. The zero-order valence-corrected chi connectivity index (χ0v) is 13.8. The van der Waals surface area contributed by atoms with E-state index in [2.05, 4.69) is 4.98 Å². The maximum absolute atomic E-state index is 12.6. The monoisotopic (exact) mass is 376 g/mol. The molecule has 0 aliphatic heterocycles. The predicted octanol–water partition coefficient (Wildman–Crippen LogP) is 4.14. The van der Waals surface area contributed by atoms with Crippen molar-refractivity contribution in [3.8, 4) is 0 Å². The van der Waals surface area contributed by atoms with Gasteiger partial charge in [-0.05, 0) is 37.3 Å². The molecule has 9 heteroatoms. The van der Waals surface area contributed by atoms with E-state index in [1.165, 1.54) is 23.9 Å². The number of pyridine rings is 1. The van der Waals surface area contributed by atoms with Crippen LogP contribution in [0.25, 0.3) is 0 Å². The molecule has 0 radical (unpaired) electrons. The number of nitrogens with zero attached hydrogens (tertiary/aromatic N) is 1. The van der Waals surface area contributed by atoms with E-state index in [-0.39, 0.29) is 10.7 Å². The average Bonchev–Trinajstić information content (AvgIpc) is 2.49. The Morgan fingerprint density at radius 2 is 2.00 bits per heavy atom. The molecule has 0 fully saturated rings. The summed E-state index contributed by atoms with van der Waals surface area (Å²) in [4.78, 5) is 17.2. The number of benzene rings is 1. The van der Waals surface area contributed by atoms with Gasteiger partial charge < -0.3 is 10.4 Å². The Kier molecular flexibility index (Phi) is 5.42. The van der Waals surface area contributed by atoms with Gasteiger partial charge in [0.05, 0.1) is 10.7 Å². The van der Waals surface area contributed by atoms with E-state index in [9.17, 15) is 23.1 Å². The number of aromatic nitrogens is 1. The number of halogens is 4. The summed E-state index contributed by atoms with van der Waals surface area (Å²) in [5.74, 6) is -1.61. The maximum Gasteiger partial charge on any atom is 0.426 e. The van der Waals surface area contributed by atoms with Gasteiger partial charge in [-0.25, -0.2) is 0 Å². The van der Waals surface area contributed by atoms with Gasteiger partial charge in [-0.2, -0.15) is 13.2 Å². The molecule has 1 aromatic carbocycles. The third kappa shape index (κ3) is 4.19. The highest BCUT2D eigenvalue weighted by molar-refractivity contribution is 7.99. The molecule has 0 spiro atoms. The number of anilines is 1. The second-order valence-electron chi connectivity index (χ2n) is 4.96. The molecule has 0 bridgehead atoms. The van der Waals surface area contributed by atoms with Crippen LogP contribution < -0.4 is 5.32 Å². The van der Waals surface area contributed by atoms with Crippen molar-refractivity contribution in [2.45, 2.75) is 28.5 Å². The van der Waals surface area contributed by atoms with Crippen molar-refractivity contribution in [3.05, 3.63) is 47.7 Å². The van der Waals surface area contributed by atoms with Crippen LogP contribution in [-0.4, -0.2) is 27.8 Å². The predicted molar refractivity (Wildman–Crippen MR) is 85.1 cm³/mol. The molecule has 1 heterocycles. The number of hydrogen-bond donors (Lipinski definition) is 2. The minimum Gasteiger partial charge on any atom is -0.373 e. The Morgan fingerprint density at radius 3 is 2.54 bits per heavy atom. The fraction of sp³-hybridized carbons (Fsp3) is 0.200. The van der Waals surface area contributed by atoms with Crippen molar-refractivity contribution < 1.29 is 23.1 Å². The molecule has 1 amide bonds. The second-order valence-corrected chi connectivity index (χ2v) is 6.51. The molecule has 2 N–H and O–H groups in total. The summed E-state index contributed by atoms with van der Waals surface area (Å²) in [5, 5.41) is 11.4. The zero-order chi connectivity index (χ0) is 18.0. The summed E-state index contributed by atoms with van der Waals surface area (Å²) < 4.78 is 37.9. The highest BCUT2D eigenvalue weighted by Crippen LogP contribution is 2.34. The largest absolute Gasteiger partial charge is 0.426 e. The van der Waals surface area contributed by atoms with Crippen molar-refractivity contribution in [3.63, 3.8) is 0 Å². The lowest BCUT2D eigenvalue weighted by molar-refractivity contribution is -0.242. The summed E-state index contributed by atoms with van der Waals surface area (Å²) in [6.45, 7) is 0.378. The van der Waals surface area contributed by atoms with Crippen LogP contribution in [0.5, 0.6) is 0 Å².